The molecule has 128 valence electrons. The minimum Gasteiger partial charge on any atom is -0.444 e. The van der Waals surface area contributed by atoms with Crippen LogP contribution < -0.4 is 4.90 Å². The zero-order chi connectivity index (χ0) is 17.3. The van der Waals surface area contributed by atoms with E-state index >= 15 is 0 Å². The van der Waals surface area contributed by atoms with Crippen molar-refractivity contribution in [2.45, 2.75) is 33.3 Å². The number of rotatable bonds is 1. The molecule has 1 fully saturated rings. The molecule has 0 atom stereocenters. The van der Waals surface area contributed by atoms with Crippen LogP contribution in [0.25, 0.3) is 10.9 Å². The summed E-state index contributed by atoms with van der Waals surface area (Å²) in [5.41, 5.74) is 2.73. The van der Waals surface area contributed by atoms with Crippen LogP contribution in [-0.4, -0.2) is 47.8 Å². The summed E-state index contributed by atoms with van der Waals surface area (Å²) in [6.07, 6.45) is -0.228. The van der Waals surface area contributed by atoms with E-state index in [9.17, 15) is 4.79 Å². The van der Waals surface area contributed by atoms with Crippen LogP contribution >= 0.6 is 0 Å². The molecule has 0 unspecified atom stereocenters. The van der Waals surface area contributed by atoms with E-state index in [-0.39, 0.29) is 6.09 Å². The Hall–Kier alpha value is -2.30. The number of amides is 1. The van der Waals surface area contributed by atoms with Crippen LogP contribution in [0.4, 0.5) is 10.5 Å². The van der Waals surface area contributed by atoms with E-state index < -0.39 is 5.60 Å². The van der Waals surface area contributed by atoms with Crippen LogP contribution in [0.1, 0.15) is 26.5 Å². The fourth-order valence-corrected chi connectivity index (χ4v) is 2.94. The van der Waals surface area contributed by atoms with E-state index in [1.807, 2.05) is 33.8 Å². The third-order valence-electron chi connectivity index (χ3n) is 4.11. The fourth-order valence-electron chi connectivity index (χ4n) is 2.94. The Labute approximate surface area is 143 Å². The van der Waals surface area contributed by atoms with Gasteiger partial charge in [0.15, 0.2) is 0 Å². The van der Waals surface area contributed by atoms with Crippen molar-refractivity contribution in [1.82, 2.24) is 9.88 Å². The molecule has 2 aromatic rings. The van der Waals surface area contributed by atoms with Crippen molar-refractivity contribution in [3.63, 3.8) is 0 Å². The normalized spacial score (nSPS) is 15.7. The van der Waals surface area contributed by atoms with Gasteiger partial charge in [-0.25, -0.2) is 4.79 Å². The number of fused-ring (bicyclic) bond motifs is 1. The lowest BCUT2D eigenvalue weighted by Crippen LogP contribution is -2.50. The van der Waals surface area contributed by atoms with Crippen molar-refractivity contribution in [3.8, 4) is 0 Å². The first-order chi connectivity index (χ1) is 11.3. The summed E-state index contributed by atoms with van der Waals surface area (Å²) in [5.74, 6) is 0. The number of carbonyl (C=O) groups excluding carboxylic acids is 1. The van der Waals surface area contributed by atoms with E-state index in [0.29, 0.717) is 13.1 Å². The second-order valence-electron chi connectivity index (χ2n) is 7.26. The summed E-state index contributed by atoms with van der Waals surface area (Å²) in [6.45, 7) is 10.6. The van der Waals surface area contributed by atoms with Gasteiger partial charge in [0.1, 0.15) is 5.60 Å². The van der Waals surface area contributed by atoms with Gasteiger partial charge in [0, 0.05) is 37.3 Å². The van der Waals surface area contributed by atoms with Crippen LogP contribution in [-0.2, 0) is 4.74 Å². The molecular weight excluding hydrogens is 302 g/mol. The lowest BCUT2D eigenvalue weighted by molar-refractivity contribution is 0.0241. The molecule has 5 nitrogen and oxygen atoms in total. The van der Waals surface area contributed by atoms with Crippen molar-refractivity contribution >= 4 is 22.7 Å². The number of benzene rings is 1. The van der Waals surface area contributed by atoms with Gasteiger partial charge in [-0.05, 0) is 39.8 Å². The largest absolute Gasteiger partial charge is 0.444 e. The van der Waals surface area contributed by atoms with Gasteiger partial charge in [0.05, 0.1) is 11.2 Å². The van der Waals surface area contributed by atoms with Crippen molar-refractivity contribution in [2.24, 2.45) is 0 Å². The molecule has 2 heterocycles. The predicted octanol–water partition coefficient (Wildman–Crippen LogP) is 3.60. The molecule has 3 rings (SSSR count). The number of para-hydroxylation sites is 1. The lowest BCUT2D eigenvalue weighted by Gasteiger charge is -2.37. The number of anilines is 1. The van der Waals surface area contributed by atoms with Crippen molar-refractivity contribution in [2.75, 3.05) is 31.1 Å². The van der Waals surface area contributed by atoms with E-state index in [0.717, 1.165) is 35.4 Å². The number of ether oxygens (including phenoxy) is 1. The Kier molecular flexibility index (Phi) is 4.35. The Bertz CT molecular complexity index is 744. The fraction of sp³-hybridized carbons (Fsp3) is 0.474. The minimum atomic E-state index is -0.453. The van der Waals surface area contributed by atoms with Gasteiger partial charge < -0.3 is 14.5 Å². The molecule has 5 heteroatoms. The van der Waals surface area contributed by atoms with Gasteiger partial charge in [0.2, 0.25) is 0 Å². The summed E-state index contributed by atoms with van der Waals surface area (Å²) in [4.78, 5) is 21.0. The number of hydrogen-bond acceptors (Lipinski definition) is 4. The van der Waals surface area contributed by atoms with Crippen molar-refractivity contribution < 1.29 is 9.53 Å². The molecule has 0 saturated carbocycles. The smallest absolute Gasteiger partial charge is 0.410 e. The van der Waals surface area contributed by atoms with Gasteiger partial charge in [-0.3, -0.25) is 4.98 Å². The summed E-state index contributed by atoms with van der Waals surface area (Å²) in [7, 11) is 0. The molecule has 1 amide bonds. The number of aromatic nitrogens is 1. The van der Waals surface area contributed by atoms with E-state index in [1.54, 1.807) is 4.90 Å². The number of carbonyl (C=O) groups is 1. The third kappa shape index (κ3) is 3.61. The molecule has 0 bridgehead atoms. The number of nitrogens with zero attached hydrogens (tertiary/aromatic N) is 3. The number of piperazine rings is 1. The second kappa shape index (κ2) is 6.30. The maximum Gasteiger partial charge on any atom is 0.410 e. The zero-order valence-electron chi connectivity index (χ0n) is 14.9. The van der Waals surface area contributed by atoms with Crippen LogP contribution in [0.2, 0.25) is 0 Å². The molecule has 1 aromatic carbocycles. The SMILES string of the molecule is Cc1ccc2cccc(N3CCN(C(=O)OC(C)(C)C)CC3)c2n1. The molecule has 1 aliphatic heterocycles. The monoisotopic (exact) mass is 327 g/mol. The Morgan fingerprint density at radius 1 is 1.08 bits per heavy atom. The molecule has 0 radical (unpaired) electrons. The molecular formula is C19H25N3O2. The number of pyridine rings is 1. The van der Waals surface area contributed by atoms with Crippen LogP contribution in [0.3, 0.4) is 0 Å². The van der Waals surface area contributed by atoms with E-state index in [1.165, 1.54) is 0 Å². The topological polar surface area (TPSA) is 45.7 Å². The second-order valence-corrected chi connectivity index (χ2v) is 7.26. The van der Waals surface area contributed by atoms with Gasteiger partial charge in [-0.1, -0.05) is 18.2 Å². The van der Waals surface area contributed by atoms with Crippen LogP contribution in [0.5, 0.6) is 0 Å². The standard InChI is InChI=1S/C19H25N3O2/c1-14-8-9-15-6-5-7-16(17(15)20-14)21-10-12-22(13-11-21)18(23)24-19(2,3)4/h5-9H,10-13H2,1-4H3. The average Bonchev–Trinajstić information content (AvgIpc) is 2.53. The minimum absolute atomic E-state index is 0.228. The first kappa shape index (κ1) is 16.6. The van der Waals surface area contributed by atoms with Gasteiger partial charge in [-0.15, -0.1) is 0 Å². The van der Waals surface area contributed by atoms with Crippen LogP contribution in [0, 0.1) is 6.92 Å². The highest BCUT2D eigenvalue weighted by Crippen LogP contribution is 2.26. The third-order valence-corrected chi connectivity index (χ3v) is 4.11. The molecule has 1 saturated heterocycles. The molecule has 1 aliphatic rings. The van der Waals surface area contributed by atoms with Gasteiger partial charge >= 0.3 is 6.09 Å². The lowest BCUT2D eigenvalue weighted by atomic mass is 10.1. The molecule has 0 N–H and O–H groups in total. The highest BCUT2D eigenvalue weighted by atomic mass is 16.6. The Morgan fingerprint density at radius 3 is 2.46 bits per heavy atom. The molecule has 0 spiro atoms. The average molecular weight is 327 g/mol. The van der Waals surface area contributed by atoms with Crippen LogP contribution in [0.15, 0.2) is 30.3 Å². The number of aryl methyl sites for hydroxylation is 1. The van der Waals surface area contributed by atoms with Crippen molar-refractivity contribution in [3.05, 3.63) is 36.0 Å². The summed E-state index contributed by atoms with van der Waals surface area (Å²) < 4.78 is 5.46. The van der Waals surface area contributed by atoms with Gasteiger partial charge in [0.25, 0.3) is 0 Å². The molecule has 0 aliphatic carbocycles. The highest BCUT2D eigenvalue weighted by Gasteiger charge is 2.26. The van der Waals surface area contributed by atoms with Gasteiger partial charge in [-0.2, -0.15) is 0 Å². The first-order valence-corrected chi connectivity index (χ1v) is 8.43. The van der Waals surface area contributed by atoms with Crippen molar-refractivity contribution in [1.29, 1.82) is 0 Å². The first-order valence-electron chi connectivity index (χ1n) is 8.43. The Balaban J connectivity index is 1.73. The van der Waals surface area contributed by atoms with E-state index in [2.05, 4.69) is 29.2 Å². The molecule has 1 aromatic heterocycles. The summed E-state index contributed by atoms with van der Waals surface area (Å²) in [5, 5.41) is 1.15. The quantitative estimate of drug-likeness (QED) is 0.803. The maximum atomic E-state index is 12.2. The highest BCUT2D eigenvalue weighted by molar-refractivity contribution is 5.91. The zero-order valence-corrected chi connectivity index (χ0v) is 14.9. The van der Waals surface area contributed by atoms with E-state index in [4.69, 9.17) is 9.72 Å². The predicted molar refractivity (Wildman–Crippen MR) is 96.5 cm³/mol. The maximum absolute atomic E-state index is 12.2. The summed E-state index contributed by atoms with van der Waals surface area (Å²) >= 11 is 0. The Morgan fingerprint density at radius 2 is 1.79 bits per heavy atom. The molecule has 24 heavy (non-hydrogen) atoms. The number of hydrogen-bond donors (Lipinski definition) is 0. The summed E-state index contributed by atoms with van der Waals surface area (Å²) in [6, 6.07) is 10.4.